The third kappa shape index (κ3) is 2.55. The van der Waals surface area contributed by atoms with E-state index in [0.29, 0.717) is 25.4 Å². The number of hydrogen-bond acceptors (Lipinski definition) is 5. The molecule has 92 valence electrons. The van der Waals surface area contributed by atoms with Gasteiger partial charge in [0.15, 0.2) is 6.20 Å². The second-order valence-corrected chi connectivity index (χ2v) is 4.79. The molecule has 1 aliphatic heterocycles. The molecule has 0 spiro atoms. The van der Waals surface area contributed by atoms with E-state index in [1.54, 1.807) is 6.07 Å². The van der Waals surface area contributed by atoms with Gasteiger partial charge >= 0.3 is 5.82 Å². The number of ether oxygens (including phenoxy) is 1. The minimum Gasteiger partial charge on any atom is -0.377 e. The number of nitro groups is 1. The lowest BCUT2D eigenvalue weighted by molar-refractivity contribution is -0.388. The van der Waals surface area contributed by atoms with E-state index in [1.807, 2.05) is 11.8 Å². The first-order valence-corrected chi connectivity index (χ1v) is 6.03. The van der Waals surface area contributed by atoms with E-state index in [-0.39, 0.29) is 11.9 Å². The molecule has 1 atom stereocenters. The van der Waals surface area contributed by atoms with Crippen LogP contribution in [0.1, 0.15) is 6.92 Å². The number of nitrogens with zero attached hydrogens (tertiary/aromatic N) is 3. The average molecular weight is 302 g/mol. The fraction of sp³-hybridized carbons (Fsp3) is 0.500. The number of halogens is 1. The Hall–Kier alpha value is -1.21. The molecule has 1 aromatic heterocycles. The lowest BCUT2D eigenvalue weighted by atomic mass is 10.2. The van der Waals surface area contributed by atoms with Gasteiger partial charge in [0.2, 0.25) is 0 Å². The molecular formula is C10H12BrN3O3. The Bertz CT molecular complexity index is 441. The van der Waals surface area contributed by atoms with Gasteiger partial charge in [-0.1, -0.05) is 0 Å². The zero-order valence-electron chi connectivity index (χ0n) is 9.30. The highest BCUT2D eigenvalue weighted by Gasteiger charge is 2.27. The van der Waals surface area contributed by atoms with Gasteiger partial charge in [0.05, 0.1) is 17.7 Å². The highest BCUT2D eigenvalue weighted by atomic mass is 79.9. The van der Waals surface area contributed by atoms with Crippen molar-refractivity contribution in [3.05, 3.63) is 26.9 Å². The Morgan fingerprint density at radius 3 is 3.12 bits per heavy atom. The molecule has 0 aromatic carbocycles. The standard InChI is InChI=1S/C10H12BrN3O3/c1-7-6-17-3-2-13(7)9-4-8(11)5-12-10(9)14(15)16/h4-5,7H,2-3,6H2,1H3/t7-/m0/s1. The zero-order valence-corrected chi connectivity index (χ0v) is 10.9. The van der Waals surface area contributed by atoms with Gasteiger partial charge in [0, 0.05) is 12.6 Å². The fourth-order valence-electron chi connectivity index (χ4n) is 1.86. The molecule has 0 amide bonds. The zero-order chi connectivity index (χ0) is 12.4. The molecule has 1 saturated heterocycles. The van der Waals surface area contributed by atoms with Crippen molar-refractivity contribution in [2.24, 2.45) is 0 Å². The largest absolute Gasteiger partial charge is 0.387 e. The van der Waals surface area contributed by atoms with Gasteiger partial charge in [-0.25, -0.2) is 0 Å². The Labute approximate surface area is 107 Å². The van der Waals surface area contributed by atoms with E-state index in [0.717, 1.165) is 4.47 Å². The molecule has 0 saturated carbocycles. The quantitative estimate of drug-likeness (QED) is 0.617. The van der Waals surface area contributed by atoms with Crippen molar-refractivity contribution < 1.29 is 9.66 Å². The van der Waals surface area contributed by atoms with Crippen molar-refractivity contribution in [3.63, 3.8) is 0 Å². The topological polar surface area (TPSA) is 68.5 Å². The van der Waals surface area contributed by atoms with Crippen LogP contribution in [0.2, 0.25) is 0 Å². The van der Waals surface area contributed by atoms with Crippen molar-refractivity contribution in [2.75, 3.05) is 24.7 Å². The molecule has 1 aromatic rings. The SMILES string of the molecule is C[C@H]1COCCN1c1cc(Br)cnc1[N+](=O)[O-]. The molecule has 17 heavy (non-hydrogen) atoms. The second-order valence-electron chi connectivity index (χ2n) is 3.87. The van der Waals surface area contributed by atoms with E-state index in [4.69, 9.17) is 4.74 Å². The molecular weight excluding hydrogens is 290 g/mol. The Balaban J connectivity index is 2.41. The maximum Gasteiger partial charge on any atom is 0.387 e. The normalized spacial score (nSPS) is 20.4. The highest BCUT2D eigenvalue weighted by molar-refractivity contribution is 9.10. The Morgan fingerprint density at radius 2 is 2.47 bits per heavy atom. The van der Waals surface area contributed by atoms with Crippen LogP contribution in [-0.2, 0) is 4.74 Å². The van der Waals surface area contributed by atoms with E-state index in [2.05, 4.69) is 20.9 Å². The van der Waals surface area contributed by atoms with Crippen molar-refractivity contribution in [3.8, 4) is 0 Å². The molecule has 7 heteroatoms. The predicted molar refractivity (Wildman–Crippen MR) is 66.2 cm³/mol. The van der Waals surface area contributed by atoms with E-state index >= 15 is 0 Å². The minimum atomic E-state index is -0.454. The van der Waals surface area contributed by atoms with Crippen LogP contribution in [0.5, 0.6) is 0 Å². The first-order chi connectivity index (χ1) is 8.09. The lowest BCUT2D eigenvalue weighted by Gasteiger charge is -2.34. The molecule has 1 fully saturated rings. The van der Waals surface area contributed by atoms with Crippen molar-refractivity contribution in [1.29, 1.82) is 0 Å². The summed E-state index contributed by atoms with van der Waals surface area (Å²) < 4.78 is 6.05. The van der Waals surface area contributed by atoms with Crippen LogP contribution in [0.3, 0.4) is 0 Å². The Morgan fingerprint density at radius 1 is 1.71 bits per heavy atom. The molecule has 0 unspecified atom stereocenters. The van der Waals surface area contributed by atoms with E-state index < -0.39 is 4.92 Å². The third-order valence-electron chi connectivity index (χ3n) is 2.66. The summed E-state index contributed by atoms with van der Waals surface area (Å²) in [7, 11) is 0. The number of hydrogen-bond donors (Lipinski definition) is 0. The summed E-state index contributed by atoms with van der Waals surface area (Å²) in [6, 6.07) is 1.84. The van der Waals surface area contributed by atoms with Crippen LogP contribution in [-0.4, -0.2) is 35.7 Å². The van der Waals surface area contributed by atoms with Gasteiger partial charge in [-0.05, 0) is 38.8 Å². The molecule has 0 radical (unpaired) electrons. The van der Waals surface area contributed by atoms with Gasteiger partial charge in [0.25, 0.3) is 0 Å². The van der Waals surface area contributed by atoms with Crippen LogP contribution >= 0.6 is 15.9 Å². The summed E-state index contributed by atoms with van der Waals surface area (Å²) in [5.41, 5.74) is 0.542. The third-order valence-corrected chi connectivity index (χ3v) is 3.10. The van der Waals surface area contributed by atoms with Crippen molar-refractivity contribution in [1.82, 2.24) is 4.98 Å². The van der Waals surface area contributed by atoms with Crippen molar-refractivity contribution in [2.45, 2.75) is 13.0 Å². The van der Waals surface area contributed by atoms with Gasteiger partial charge in [-0.15, -0.1) is 0 Å². The highest BCUT2D eigenvalue weighted by Crippen LogP contribution is 2.30. The van der Waals surface area contributed by atoms with Gasteiger partial charge in [0.1, 0.15) is 5.69 Å². The Kier molecular flexibility index (Phi) is 3.58. The monoisotopic (exact) mass is 301 g/mol. The van der Waals surface area contributed by atoms with Crippen LogP contribution in [0.25, 0.3) is 0 Å². The van der Waals surface area contributed by atoms with Gasteiger partial charge in [-0.3, -0.25) is 0 Å². The molecule has 2 rings (SSSR count). The van der Waals surface area contributed by atoms with E-state index in [1.165, 1.54) is 6.20 Å². The first kappa shape index (κ1) is 12.3. The number of morpholine rings is 1. The first-order valence-electron chi connectivity index (χ1n) is 5.24. The van der Waals surface area contributed by atoms with Gasteiger partial charge in [-0.2, -0.15) is 0 Å². The molecule has 1 aliphatic rings. The minimum absolute atomic E-state index is 0.109. The maximum atomic E-state index is 11.0. The number of anilines is 1. The summed E-state index contributed by atoms with van der Waals surface area (Å²) in [5.74, 6) is -0.109. The average Bonchev–Trinajstić information content (AvgIpc) is 2.29. The summed E-state index contributed by atoms with van der Waals surface area (Å²) in [5, 5.41) is 11.0. The molecule has 0 aliphatic carbocycles. The second kappa shape index (κ2) is 4.97. The van der Waals surface area contributed by atoms with Crippen LogP contribution in [0.15, 0.2) is 16.7 Å². The maximum absolute atomic E-state index is 11.0. The molecule has 0 bridgehead atoms. The summed E-state index contributed by atoms with van der Waals surface area (Å²) in [4.78, 5) is 16.3. The lowest BCUT2D eigenvalue weighted by Crippen LogP contribution is -2.44. The summed E-state index contributed by atoms with van der Waals surface area (Å²) in [6.07, 6.45) is 1.44. The predicted octanol–water partition coefficient (Wildman–Crippen LogP) is 1.98. The number of pyridine rings is 1. The van der Waals surface area contributed by atoms with Crippen LogP contribution in [0.4, 0.5) is 11.5 Å². The number of rotatable bonds is 2. The molecule has 2 heterocycles. The molecule has 6 nitrogen and oxygen atoms in total. The van der Waals surface area contributed by atoms with Crippen molar-refractivity contribution >= 4 is 27.4 Å². The smallest absolute Gasteiger partial charge is 0.377 e. The van der Waals surface area contributed by atoms with Gasteiger partial charge < -0.3 is 19.8 Å². The van der Waals surface area contributed by atoms with Crippen LogP contribution < -0.4 is 4.90 Å². The van der Waals surface area contributed by atoms with E-state index in [9.17, 15) is 10.1 Å². The summed E-state index contributed by atoms with van der Waals surface area (Å²) in [6.45, 7) is 3.77. The number of aromatic nitrogens is 1. The fourth-order valence-corrected chi connectivity index (χ4v) is 2.18. The van der Waals surface area contributed by atoms with Crippen LogP contribution in [0, 0.1) is 10.1 Å². The summed E-state index contributed by atoms with van der Waals surface area (Å²) >= 11 is 3.29. The molecule has 0 N–H and O–H groups in total.